The van der Waals surface area contributed by atoms with Crippen molar-refractivity contribution in [3.05, 3.63) is 72.3 Å². The van der Waals surface area contributed by atoms with E-state index in [1.165, 1.54) is 24.3 Å². The summed E-state index contributed by atoms with van der Waals surface area (Å²) in [6, 6.07) is 11.9. The Hall–Kier alpha value is -2.99. The maximum atomic E-state index is 13.0. The Bertz CT molecular complexity index is 878. The van der Waals surface area contributed by atoms with Gasteiger partial charge in [-0.1, -0.05) is 24.3 Å². The Kier molecular flexibility index (Phi) is 4.90. The van der Waals surface area contributed by atoms with Gasteiger partial charge in [-0.05, 0) is 36.8 Å². The molecule has 0 aliphatic heterocycles. The van der Waals surface area contributed by atoms with Crippen molar-refractivity contribution >= 4 is 22.5 Å². The summed E-state index contributed by atoms with van der Waals surface area (Å²) in [6.45, 7) is 1.68. The number of anilines is 1. The van der Waals surface area contributed by atoms with Crippen LogP contribution in [0.25, 0.3) is 10.8 Å². The third kappa shape index (κ3) is 3.92. The number of rotatable bonds is 4. The van der Waals surface area contributed by atoms with Crippen LogP contribution in [0.3, 0.4) is 0 Å². The highest BCUT2D eigenvalue weighted by atomic mass is 19.1. The molecule has 3 N–H and O–H groups in total. The van der Waals surface area contributed by atoms with E-state index in [4.69, 9.17) is 0 Å². The zero-order chi connectivity index (χ0) is 17.8. The Morgan fingerprint density at radius 2 is 1.92 bits per heavy atom. The monoisotopic (exact) mass is 339 g/mol. The molecule has 3 rings (SSSR count). The number of halogens is 1. The highest BCUT2D eigenvalue weighted by Gasteiger charge is 2.18. The van der Waals surface area contributed by atoms with Crippen LogP contribution in [-0.2, 0) is 0 Å². The molecule has 0 saturated heterocycles. The number of nitrogens with one attached hydrogen (secondary N) is 2. The van der Waals surface area contributed by atoms with Crippen LogP contribution >= 0.6 is 0 Å². The van der Waals surface area contributed by atoms with Crippen LogP contribution in [0.4, 0.5) is 14.9 Å². The number of carbonyl (C=O) groups is 1. The number of amides is 2. The minimum Gasteiger partial charge on any atom is -0.386 e. The van der Waals surface area contributed by atoms with E-state index in [-0.39, 0.29) is 5.82 Å². The maximum Gasteiger partial charge on any atom is 0.319 e. The van der Waals surface area contributed by atoms with E-state index >= 15 is 0 Å². The van der Waals surface area contributed by atoms with E-state index in [0.29, 0.717) is 11.3 Å². The lowest BCUT2D eigenvalue weighted by Crippen LogP contribution is -2.39. The first-order chi connectivity index (χ1) is 12.0. The number of urea groups is 1. The molecule has 0 spiro atoms. The third-order valence-corrected chi connectivity index (χ3v) is 3.97. The van der Waals surface area contributed by atoms with Crippen molar-refractivity contribution in [2.45, 2.75) is 19.1 Å². The molecule has 2 atom stereocenters. The molecule has 0 saturated carbocycles. The summed E-state index contributed by atoms with van der Waals surface area (Å²) in [7, 11) is 0. The third-order valence-electron chi connectivity index (χ3n) is 3.97. The quantitative estimate of drug-likeness (QED) is 0.680. The normalized spacial score (nSPS) is 13.2. The number of carbonyl (C=O) groups excluding carboxylic acids is 1. The second-order valence-corrected chi connectivity index (χ2v) is 5.79. The van der Waals surface area contributed by atoms with Gasteiger partial charge >= 0.3 is 6.03 Å². The molecule has 1 aromatic heterocycles. The number of pyridine rings is 1. The summed E-state index contributed by atoms with van der Waals surface area (Å²) < 4.78 is 13.0. The largest absolute Gasteiger partial charge is 0.386 e. The summed E-state index contributed by atoms with van der Waals surface area (Å²) in [5, 5.41) is 17.6. The van der Waals surface area contributed by atoms with E-state index in [1.54, 1.807) is 25.4 Å². The first-order valence-corrected chi connectivity index (χ1v) is 7.88. The SMILES string of the molecule is C[C@H](NC(=O)Nc1cccc2cnccc12)[C@H](O)c1ccc(F)cc1. The molecule has 2 amide bonds. The van der Waals surface area contributed by atoms with Crippen LogP contribution in [0.1, 0.15) is 18.6 Å². The molecule has 1 heterocycles. The van der Waals surface area contributed by atoms with E-state index in [9.17, 15) is 14.3 Å². The lowest BCUT2D eigenvalue weighted by Gasteiger charge is -2.21. The van der Waals surface area contributed by atoms with Crippen molar-refractivity contribution < 1.29 is 14.3 Å². The van der Waals surface area contributed by atoms with Crippen molar-refractivity contribution in [1.82, 2.24) is 10.3 Å². The second kappa shape index (κ2) is 7.27. The van der Waals surface area contributed by atoms with Gasteiger partial charge in [-0.15, -0.1) is 0 Å². The van der Waals surface area contributed by atoms with Crippen molar-refractivity contribution in [2.75, 3.05) is 5.32 Å². The molecule has 3 aromatic rings. The van der Waals surface area contributed by atoms with Gasteiger partial charge in [0.2, 0.25) is 0 Å². The highest BCUT2D eigenvalue weighted by molar-refractivity contribution is 6.01. The Morgan fingerprint density at radius 1 is 1.16 bits per heavy atom. The number of aromatic nitrogens is 1. The maximum absolute atomic E-state index is 13.0. The van der Waals surface area contributed by atoms with Gasteiger partial charge in [0.1, 0.15) is 5.82 Å². The summed E-state index contributed by atoms with van der Waals surface area (Å²) in [5.41, 5.74) is 1.19. The molecule has 0 fully saturated rings. The fourth-order valence-electron chi connectivity index (χ4n) is 2.62. The average Bonchev–Trinajstić information content (AvgIpc) is 2.62. The number of aliphatic hydroxyl groups is 1. The molecule has 0 radical (unpaired) electrons. The Balaban J connectivity index is 1.68. The number of nitrogens with zero attached hydrogens (tertiary/aromatic N) is 1. The van der Waals surface area contributed by atoms with Gasteiger partial charge in [-0.25, -0.2) is 9.18 Å². The minimum absolute atomic E-state index is 0.375. The summed E-state index contributed by atoms with van der Waals surface area (Å²) >= 11 is 0. The van der Waals surface area contributed by atoms with Crippen molar-refractivity contribution in [2.24, 2.45) is 0 Å². The minimum atomic E-state index is -0.942. The van der Waals surface area contributed by atoms with Gasteiger partial charge in [0.05, 0.1) is 17.8 Å². The van der Waals surface area contributed by atoms with E-state index in [0.717, 1.165) is 10.8 Å². The Labute approximate surface area is 144 Å². The molecule has 0 unspecified atom stereocenters. The smallest absolute Gasteiger partial charge is 0.319 e. The molecule has 5 nitrogen and oxygen atoms in total. The molecule has 2 aromatic carbocycles. The predicted molar refractivity (Wildman–Crippen MR) is 94.7 cm³/mol. The molecule has 25 heavy (non-hydrogen) atoms. The fourth-order valence-corrected chi connectivity index (χ4v) is 2.62. The van der Waals surface area contributed by atoms with Gasteiger partial charge < -0.3 is 15.7 Å². The first-order valence-electron chi connectivity index (χ1n) is 7.88. The van der Waals surface area contributed by atoms with E-state index in [1.807, 2.05) is 18.2 Å². The average molecular weight is 339 g/mol. The number of hydrogen-bond acceptors (Lipinski definition) is 3. The van der Waals surface area contributed by atoms with Crippen molar-refractivity contribution in [3.63, 3.8) is 0 Å². The van der Waals surface area contributed by atoms with Gasteiger partial charge in [0, 0.05) is 23.2 Å². The van der Waals surface area contributed by atoms with Crippen LogP contribution < -0.4 is 10.6 Å². The molecule has 128 valence electrons. The van der Waals surface area contributed by atoms with Gasteiger partial charge in [0.25, 0.3) is 0 Å². The molecular weight excluding hydrogens is 321 g/mol. The standard InChI is InChI=1S/C19H18FN3O2/c1-12(18(24)13-5-7-15(20)8-6-13)22-19(25)23-17-4-2-3-14-11-21-10-9-16(14)17/h2-12,18,24H,1H3,(H2,22,23,25)/t12-,18-/m0/s1. The molecular formula is C19H18FN3O2. The zero-order valence-corrected chi connectivity index (χ0v) is 13.6. The molecule has 0 bridgehead atoms. The molecule has 6 heteroatoms. The van der Waals surface area contributed by atoms with Crippen molar-refractivity contribution in [1.29, 1.82) is 0 Å². The van der Waals surface area contributed by atoms with Gasteiger partial charge in [-0.3, -0.25) is 4.98 Å². The second-order valence-electron chi connectivity index (χ2n) is 5.79. The fraction of sp³-hybridized carbons (Fsp3) is 0.158. The van der Waals surface area contributed by atoms with Crippen LogP contribution in [0.15, 0.2) is 60.9 Å². The topological polar surface area (TPSA) is 74.2 Å². The lowest BCUT2D eigenvalue weighted by atomic mass is 10.0. The van der Waals surface area contributed by atoms with Gasteiger partial charge in [0.15, 0.2) is 0 Å². The number of benzene rings is 2. The number of fused-ring (bicyclic) bond motifs is 1. The number of aliphatic hydroxyl groups excluding tert-OH is 1. The van der Waals surface area contributed by atoms with Crippen LogP contribution in [-0.4, -0.2) is 22.2 Å². The number of hydrogen-bond donors (Lipinski definition) is 3. The van der Waals surface area contributed by atoms with Gasteiger partial charge in [-0.2, -0.15) is 0 Å². The molecule has 0 aliphatic rings. The van der Waals surface area contributed by atoms with Crippen LogP contribution in [0, 0.1) is 5.82 Å². The lowest BCUT2D eigenvalue weighted by molar-refractivity contribution is 0.139. The van der Waals surface area contributed by atoms with E-state index < -0.39 is 18.2 Å². The Morgan fingerprint density at radius 3 is 2.68 bits per heavy atom. The van der Waals surface area contributed by atoms with Crippen LogP contribution in [0.2, 0.25) is 0 Å². The summed E-state index contributed by atoms with van der Waals surface area (Å²) in [6.07, 6.45) is 2.44. The zero-order valence-electron chi connectivity index (χ0n) is 13.6. The summed E-state index contributed by atoms with van der Waals surface area (Å²) in [5.74, 6) is -0.375. The molecule has 0 aliphatic carbocycles. The van der Waals surface area contributed by atoms with Crippen molar-refractivity contribution in [3.8, 4) is 0 Å². The first kappa shape index (κ1) is 16.9. The highest BCUT2D eigenvalue weighted by Crippen LogP contribution is 2.22. The van der Waals surface area contributed by atoms with E-state index in [2.05, 4.69) is 15.6 Å². The summed E-state index contributed by atoms with van der Waals surface area (Å²) in [4.78, 5) is 16.3. The van der Waals surface area contributed by atoms with Crippen LogP contribution in [0.5, 0.6) is 0 Å². The predicted octanol–water partition coefficient (Wildman–Crippen LogP) is 3.62.